The van der Waals surface area contributed by atoms with Crippen LogP contribution in [0.3, 0.4) is 0 Å². The summed E-state index contributed by atoms with van der Waals surface area (Å²) < 4.78 is 17.1. The highest BCUT2D eigenvalue weighted by Crippen LogP contribution is 2.24. The number of rotatable bonds is 15. The van der Waals surface area contributed by atoms with Crippen molar-refractivity contribution in [3.8, 4) is 0 Å². The smallest absolute Gasteiger partial charge is 0.550 e. The maximum absolute atomic E-state index is 13.3. The SMILES string of the molecule is CC(C)Cc1ccc(C(C)C(=O)[O][Al]([O]C(=O)C(C)c2ccc(CC(C)C)cc2)[O]C(=O)C(C)c2ccc(CC(C)C)cc2)cc1. The third-order valence-corrected chi connectivity index (χ3v) is 9.34. The Balaban J connectivity index is 1.77. The molecule has 0 saturated carbocycles. The number of hydrogen-bond donors (Lipinski definition) is 0. The normalized spacial score (nSPS) is 13.3. The average molecular weight is 643 g/mol. The quantitative estimate of drug-likeness (QED) is 0.155. The van der Waals surface area contributed by atoms with Gasteiger partial charge < -0.3 is 11.4 Å². The third kappa shape index (κ3) is 11.4. The zero-order chi connectivity index (χ0) is 34.0. The van der Waals surface area contributed by atoms with Gasteiger partial charge in [-0.15, -0.1) is 0 Å². The first-order valence-electron chi connectivity index (χ1n) is 16.6. The zero-order valence-corrected chi connectivity index (χ0v) is 30.2. The van der Waals surface area contributed by atoms with Crippen LogP contribution in [0.1, 0.15) is 113 Å². The van der Waals surface area contributed by atoms with Crippen LogP contribution in [0.2, 0.25) is 0 Å². The lowest BCUT2D eigenvalue weighted by Crippen LogP contribution is -2.38. The Morgan fingerprint density at radius 2 is 0.652 bits per heavy atom. The molecule has 246 valence electrons. The predicted molar refractivity (Wildman–Crippen MR) is 184 cm³/mol. The van der Waals surface area contributed by atoms with Gasteiger partial charge in [0.15, 0.2) is 0 Å². The zero-order valence-electron chi connectivity index (χ0n) is 29.0. The van der Waals surface area contributed by atoms with E-state index in [1.807, 2.05) is 72.8 Å². The van der Waals surface area contributed by atoms with Gasteiger partial charge in [-0.3, -0.25) is 14.4 Å². The molecule has 0 N–H and O–H groups in total. The van der Waals surface area contributed by atoms with Crippen molar-refractivity contribution in [2.45, 2.75) is 99.3 Å². The molecule has 3 aromatic carbocycles. The van der Waals surface area contributed by atoms with E-state index in [1.165, 1.54) is 16.7 Å². The molecule has 0 heterocycles. The van der Waals surface area contributed by atoms with Crippen LogP contribution in [-0.4, -0.2) is 33.1 Å². The van der Waals surface area contributed by atoms with Crippen molar-refractivity contribution >= 4 is 33.1 Å². The van der Waals surface area contributed by atoms with Crippen LogP contribution in [0.15, 0.2) is 72.8 Å². The number of carbonyl (C=O) groups is 3. The summed E-state index contributed by atoms with van der Waals surface area (Å²) >= 11 is -3.58. The van der Waals surface area contributed by atoms with Gasteiger partial charge in [-0.1, -0.05) is 114 Å². The molecule has 0 aliphatic heterocycles. The Kier molecular flexibility index (Phi) is 14.1. The first-order chi connectivity index (χ1) is 21.7. The first-order valence-corrected chi connectivity index (χ1v) is 18.0. The topological polar surface area (TPSA) is 78.9 Å². The molecule has 0 aliphatic carbocycles. The van der Waals surface area contributed by atoms with E-state index in [0.29, 0.717) is 17.8 Å². The van der Waals surface area contributed by atoms with Gasteiger partial charge >= 0.3 is 15.1 Å². The number of carbonyl (C=O) groups excluding carboxylic acids is 3. The molecule has 6 nitrogen and oxygen atoms in total. The monoisotopic (exact) mass is 642 g/mol. The standard InChI is InChI=1S/3C13H18O2.Al/c3*1-9(2)8-11-4-6-12(7-5-11)10(3)13(14)15;/h3*4-7,9-10H,8H2,1-3H3,(H,14,15);/q;;;+3/p-3. The molecule has 0 bridgehead atoms. The molecule has 0 spiro atoms. The Morgan fingerprint density at radius 1 is 0.435 bits per heavy atom. The van der Waals surface area contributed by atoms with Gasteiger partial charge in [-0.05, 0) is 91.2 Å². The minimum atomic E-state index is -3.58. The maximum atomic E-state index is 13.3. The van der Waals surface area contributed by atoms with Crippen LogP contribution in [0.4, 0.5) is 0 Å². The van der Waals surface area contributed by atoms with E-state index in [9.17, 15) is 14.4 Å². The van der Waals surface area contributed by atoms with Crippen molar-refractivity contribution in [3.05, 3.63) is 106 Å². The minimum Gasteiger partial charge on any atom is -0.550 e. The van der Waals surface area contributed by atoms with Crippen LogP contribution in [0.25, 0.3) is 0 Å². The predicted octanol–water partition coefficient (Wildman–Crippen LogP) is 8.61. The Morgan fingerprint density at radius 3 is 0.848 bits per heavy atom. The highest BCUT2D eigenvalue weighted by atomic mass is 27.3. The summed E-state index contributed by atoms with van der Waals surface area (Å²) in [6, 6.07) is 23.5. The third-order valence-electron chi connectivity index (χ3n) is 8.07. The van der Waals surface area contributed by atoms with Crippen LogP contribution < -0.4 is 0 Å². The van der Waals surface area contributed by atoms with E-state index in [0.717, 1.165) is 36.0 Å². The second-order valence-corrected chi connectivity index (χ2v) is 15.1. The summed E-state index contributed by atoms with van der Waals surface area (Å²) in [4.78, 5) is 40.0. The molecule has 0 aromatic heterocycles. The summed E-state index contributed by atoms with van der Waals surface area (Å²) in [5.41, 5.74) is 5.87. The lowest BCUT2D eigenvalue weighted by molar-refractivity contribution is -0.149. The van der Waals surface area contributed by atoms with Gasteiger partial charge in [0.2, 0.25) is 0 Å². The van der Waals surface area contributed by atoms with E-state index >= 15 is 0 Å². The first kappa shape index (κ1) is 37.1. The molecular formula is C39H51AlO6. The molecule has 3 atom stereocenters. The van der Waals surface area contributed by atoms with Gasteiger partial charge in [-0.2, -0.15) is 0 Å². The van der Waals surface area contributed by atoms with Crippen molar-refractivity contribution in [2.24, 2.45) is 17.8 Å². The van der Waals surface area contributed by atoms with Gasteiger partial charge in [0.05, 0.1) is 17.8 Å². The molecule has 3 aromatic rings. The molecule has 0 fully saturated rings. The molecule has 7 heteroatoms. The largest absolute Gasteiger partial charge is 1.20 e. The molecule has 0 radical (unpaired) electrons. The Labute approximate surface area is 281 Å². The highest BCUT2D eigenvalue weighted by molar-refractivity contribution is 6.44. The van der Waals surface area contributed by atoms with Crippen molar-refractivity contribution in [1.82, 2.24) is 0 Å². The van der Waals surface area contributed by atoms with Crippen molar-refractivity contribution in [3.63, 3.8) is 0 Å². The summed E-state index contributed by atoms with van der Waals surface area (Å²) in [7, 11) is 0. The van der Waals surface area contributed by atoms with Crippen LogP contribution in [0.5, 0.6) is 0 Å². The van der Waals surface area contributed by atoms with Crippen LogP contribution in [-0.2, 0) is 45.0 Å². The molecule has 3 rings (SSSR count). The van der Waals surface area contributed by atoms with Gasteiger partial charge in [0.25, 0.3) is 17.9 Å². The van der Waals surface area contributed by atoms with Crippen molar-refractivity contribution in [2.75, 3.05) is 0 Å². The fourth-order valence-electron chi connectivity index (χ4n) is 5.31. The van der Waals surface area contributed by atoms with E-state index in [-0.39, 0.29) is 0 Å². The van der Waals surface area contributed by atoms with Gasteiger partial charge in [-0.25, -0.2) is 0 Å². The second kappa shape index (κ2) is 17.5. The van der Waals surface area contributed by atoms with Gasteiger partial charge in [0.1, 0.15) is 0 Å². The molecule has 0 saturated heterocycles. The number of benzene rings is 3. The molecular weight excluding hydrogens is 591 g/mol. The Bertz CT molecular complexity index is 1240. The summed E-state index contributed by atoms with van der Waals surface area (Å²) in [5, 5.41) is 0. The van der Waals surface area contributed by atoms with Crippen molar-refractivity contribution in [1.29, 1.82) is 0 Å². The average Bonchev–Trinajstić information content (AvgIpc) is 3.00. The Hall–Kier alpha value is -3.40. The van der Waals surface area contributed by atoms with E-state index in [2.05, 4.69) is 41.5 Å². The van der Waals surface area contributed by atoms with Crippen LogP contribution in [0, 0.1) is 17.8 Å². The molecule has 0 amide bonds. The van der Waals surface area contributed by atoms with E-state index in [4.69, 9.17) is 11.4 Å². The molecule has 3 unspecified atom stereocenters. The fraction of sp³-hybridized carbons (Fsp3) is 0.462. The molecule has 46 heavy (non-hydrogen) atoms. The van der Waals surface area contributed by atoms with Crippen LogP contribution >= 0.6 is 0 Å². The maximum Gasteiger partial charge on any atom is 1.20 e. The van der Waals surface area contributed by atoms with E-state index < -0.39 is 50.8 Å². The lowest BCUT2D eigenvalue weighted by atomic mass is 9.97. The summed E-state index contributed by atoms with van der Waals surface area (Å²) in [6.07, 6.45) is 2.83. The molecule has 0 aliphatic rings. The van der Waals surface area contributed by atoms with Gasteiger partial charge in [0, 0.05) is 0 Å². The van der Waals surface area contributed by atoms with E-state index in [1.54, 1.807) is 20.8 Å². The lowest BCUT2D eigenvalue weighted by Gasteiger charge is -2.20. The highest BCUT2D eigenvalue weighted by Gasteiger charge is 2.51. The van der Waals surface area contributed by atoms with Crippen molar-refractivity contribution < 1.29 is 25.7 Å². The summed E-state index contributed by atoms with van der Waals surface area (Å²) in [6.45, 7) is 18.2. The second-order valence-electron chi connectivity index (χ2n) is 13.8. The number of hydrogen-bond acceptors (Lipinski definition) is 6. The fourth-order valence-corrected chi connectivity index (χ4v) is 6.64. The minimum absolute atomic E-state index is 0.519. The summed E-state index contributed by atoms with van der Waals surface area (Å²) in [5.74, 6) is -2.19.